The normalized spacial score (nSPS) is 12.6. The molecule has 6 heteroatoms. The number of nitrogens with two attached hydrogens (primary N) is 2. The lowest BCUT2D eigenvalue weighted by Gasteiger charge is -2.02. The van der Waals surface area contributed by atoms with E-state index in [1.54, 1.807) is 0 Å². The molecule has 3 aromatic rings. The summed E-state index contributed by atoms with van der Waals surface area (Å²) in [6.45, 7) is 2.99. The number of nitriles is 1. The zero-order chi connectivity index (χ0) is 15.0. The number of rotatable bonds is 3. The van der Waals surface area contributed by atoms with Crippen LogP contribution in [0.3, 0.4) is 0 Å². The highest BCUT2D eigenvalue weighted by atomic mass is 15.2. The average Bonchev–Trinajstić information content (AvgIpc) is 3.05. The first-order chi connectivity index (χ1) is 10.2. The van der Waals surface area contributed by atoms with E-state index in [0.717, 1.165) is 29.8 Å². The molecule has 0 atom stereocenters. The number of allylic oxidation sites excluding steroid dienone is 1. The highest BCUT2D eigenvalue weighted by Gasteiger charge is 2.15. The van der Waals surface area contributed by atoms with Crippen molar-refractivity contribution < 1.29 is 0 Å². The molecule has 0 aliphatic heterocycles. The SMILES string of the molecule is CCCn1c2ccccc2n2cc(/C(N)=C(/N)C#N)nc12. The third-order valence-electron chi connectivity index (χ3n) is 3.49. The van der Waals surface area contributed by atoms with E-state index in [1.807, 2.05) is 34.9 Å². The molecule has 21 heavy (non-hydrogen) atoms. The van der Waals surface area contributed by atoms with Crippen LogP contribution >= 0.6 is 0 Å². The predicted octanol–water partition coefficient (Wildman–Crippen LogP) is 1.81. The van der Waals surface area contributed by atoms with Gasteiger partial charge in [0.25, 0.3) is 0 Å². The van der Waals surface area contributed by atoms with Crippen LogP contribution in [0.5, 0.6) is 0 Å². The molecule has 2 heterocycles. The van der Waals surface area contributed by atoms with Crippen molar-refractivity contribution in [1.29, 1.82) is 5.26 Å². The molecule has 1 aromatic carbocycles. The second-order valence-corrected chi connectivity index (χ2v) is 4.88. The van der Waals surface area contributed by atoms with Crippen LogP contribution in [0.15, 0.2) is 36.2 Å². The Labute approximate surface area is 121 Å². The lowest BCUT2D eigenvalue weighted by Crippen LogP contribution is -2.07. The Balaban J connectivity index is 2.32. The van der Waals surface area contributed by atoms with Crippen molar-refractivity contribution in [1.82, 2.24) is 14.0 Å². The minimum absolute atomic E-state index is 0.0119. The predicted molar refractivity (Wildman–Crippen MR) is 81.9 cm³/mol. The summed E-state index contributed by atoms with van der Waals surface area (Å²) in [5, 5.41) is 8.85. The summed E-state index contributed by atoms with van der Waals surface area (Å²) < 4.78 is 4.13. The third kappa shape index (κ3) is 1.91. The molecule has 0 radical (unpaired) electrons. The average molecular weight is 280 g/mol. The number of aromatic nitrogens is 3. The number of benzene rings is 1. The molecule has 0 saturated carbocycles. The van der Waals surface area contributed by atoms with Gasteiger partial charge in [-0.15, -0.1) is 0 Å². The van der Waals surface area contributed by atoms with Crippen molar-refractivity contribution in [3.63, 3.8) is 0 Å². The largest absolute Gasteiger partial charge is 0.395 e. The summed E-state index contributed by atoms with van der Waals surface area (Å²) in [4.78, 5) is 4.55. The Morgan fingerprint density at radius 1 is 1.29 bits per heavy atom. The quantitative estimate of drug-likeness (QED) is 0.715. The first-order valence-electron chi connectivity index (χ1n) is 6.79. The van der Waals surface area contributed by atoms with Crippen LogP contribution in [0, 0.1) is 11.3 Å². The molecule has 6 nitrogen and oxygen atoms in total. The molecule has 0 saturated heterocycles. The van der Waals surface area contributed by atoms with Crippen LogP contribution in [-0.4, -0.2) is 14.0 Å². The zero-order valence-electron chi connectivity index (χ0n) is 11.7. The molecule has 0 fully saturated rings. The first-order valence-corrected chi connectivity index (χ1v) is 6.79. The Morgan fingerprint density at radius 3 is 2.67 bits per heavy atom. The van der Waals surface area contributed by atoms with Crippen LogP contribution in [0.1, 0.15) is 19.0 Å². The van der Waals surface area contributed by atoms with Gasteiger partial charge in [0.1, 0.15) is 17.5 Å². The van der Waals surface area contributed by atoms with E-state index in [4.69, 9.17) is 16.7 Å². The molecule has 0 aliphatic carbocycles. The summed E-state index contributed by atoms with van der Waals surface area (Å²) in [6, 6.07) is 9.96. The van der Waals surface area contributed by atoms with E-state index in [9.17, 15) is 0 Å². The second-order valence-electron chi connectivity index (χ2n) is 4.88. The lowest BCUT2D eigenvalue weighted by molar-refractivity contribution is 0.712. The number of nitrogens with zero attached hydrogens (tertiary/aromatic N) is 4. The lowest BCUT2D eigenvalue weighted by atomic mass is 10.3. The van der Waals surface area contributed by atoms with Crippen LogP contribution in [0.25, 0.3) is 22.5 Å². The van der Waals surface area contributed by atoms with Gasteiger partial charge < -0.3 is 16.0 Å². The van der Waals surface area contributed by atoms with Crippen molar-refractivity contribution >= 4 is 22.5 Å². The standard InChI is InChI=1S/C15H16N6/c1-2-7-20-12-5-3-4-6-13(12)21-9-11(19-15(20)21)14(18)10(17)8-16/h3-6,9H,2,7,17-18H2,1H3/b14-10-. The molecule has 4 N–H and O–H groups in total. The highest BCUT2D eigenvalue weighted by molar-refractivity contribution is 5.82. The van der Waals surface area contributed by atoms with E-state index in [1.165, 1.54) is 0 Å². The summed E-state index contributed by atoms with van der Waals surface area (Å²) in [5.74, 6) is 0.807. The topological polar surface area (TPSA) is 98.1 Å². The number of hydrogen-bond donors (Lipinski definition) is 2. The molecule has 106 valence electrons. The maximum atomic E-state index is 8.85. The van der Waals surface area contributed by atoms with Crippen molar-refractivity contribution in [2.75, 3.05) is 0 Å². The second kappa shape index (κ2) is 4.87. The minimum Gasteiger partial charge on any atom is -0.395 e. The van der Waals surface area contributed by atoms with Gasteiger partial charge in [-0.25, -0.2) is 4.98 Å². The van der Waals surface area contributed by atoms with Gasteiger partial charge >= 0.3 is 0 Å². The number of para-hydroxylation sites is 2. The van der Waals surface area contributed by atoms with Crippen molar-refractivity contribution in [2.45, 2.75) is 19.9 Å². The van der Waals surface area contributed by atoms with Gasteiger partial charge in [0.2, 0.25) is 5.78 Å². The van der Waals surface area contributed by atoms with Crippen LogP contribution in [0.2, 0.25) is 0 Å². The Bertz CT molecular complexity index is 890. The van der Waals surface area contributed by atoms with Gasteiger partial charge in [0.05, 0.1) is 16.7 Å². The fourth-order valence-electron chi connectivity index (χ4n) is 2.51. The summed E-state index contributed by atoms with van der Waals surface area (Å²) >= 11 is 0. The minimum atomic E-state index is -0.0119. The number of hydrogen-bond acceptors (Lipinski definition) is 4. The van der Waals surface area contributed by atoms with Gasteiger partial charge in [-0.2, -0.15) is 5.26 Å². The number of imidazole rings is 2. The number of aryl methyl sites for hydroxylation is 1. The van der Waals surface area contributed by atoms with E-state index < -0.39 is 0 Å². The Morgan fingerprint density at radius 2 is 2.00 bits per heavy atom. The Hall–Kier alpha value is -2.94. The summed E-state index contributed by atoms with van der Waals surface area (Å²) in [6.07, 6.45) is 2.82. The van der Waals surface area contributed by atoms with Gasteiger partial charge in [0, 0.05) is 12.7 Å². The molecule has 0 spiro atoms. The maximum Gasteiger partial charge on any atom is 0.215 e. The monoisotopic (exact) mass is 280 g/mol. The van der Waals surface area contributed by atoms with Crippen LogP contribution in [0.4, 0.5) is 0 Å². The van der Waals surface area contributed by atoms with Gasteiger partial charge in [-0.3, -0.25) is 4.40 Å². The Kier molecular flexibility index (Phi) is 3.03. The zero-order valence-corrected chi connectivity index (χ0v) is 11.7. The van der Waals surface area contributed by atoms with Gasteiger partial charge in [0.15, 0.2) is 0 Å². The number of fused-ring (bicyclic) bond motifs is 3. The first kappa shape index (κ1) is 13.1. The summed E-state index contributed by atoms with van der Waals surface area (Å²) in [7, 11) is 0. The van der Waals surface area contributed by atoms with Crippen molar-refractivity contribution in [3.8, 4) is 6.07 Å². The van der Waals surface area contributed by atoms with Crippen molar-refractivity contribution in [2.24, 2.45) is 11.5 Å². The smallest absolute Gasteiger partial charge is 0.215 e. The van der Waals surface area contributed by atoms with Crippen LogP contribution in [-0.2, 0) is 6.54 Å². The van der Waals surface area contributed by atoms with E-state index >= 15 is 0 Å². The van der Waals surface area contributed by atoms with E-state index in [2.05, 4.69) is 22.5 Å². The van der Waals surface area contributed by atoms with Gasteiger partial charge in [-0.1, -0.05) is 19.1 Å². The fraction of sp³-hybridized carbons (Fsp3) is 0.200. The molecule has 3 rings (SSSR count). The summed E-state index contributed by atoms with van der Waals surface area (Å²) in [5.41, 5.74) is 14.4. The molecular formula is C15H16N6. The van der Waals surface area contributed by atoms with E-state index in [0.29, 0.717) is 5.69 Å². The molecule has 0 bridgehead atoms. The van der Waals surface area contributed by atoms with E-state index in [-0.39, 0.29) is 11.4 Å². The fourth-order valence-corrected chi connectivity index (χ4v) is 2.51. The maximum absolute atomic E-state index is 8.85. The molecule has 2 aromatic heterocycles. The third-order valence-corrected chi connectivity index (χ3v) is 3.49. The molecule has 0 unspecified atom stereocenters. The van der Waals surface area contributed by atoms with Crippen LogP contribution < -0.4 is 11.5 Å². The molecule has 0 amide bonds. The van der Waals surface area contributed by atoms with Crippen molar-refractivity contribution in [3.05, 3.63) is 41.9 Å². The molecular weight excluding hydrogens is 264 g/mol. The highest BCUT2D eigenvalue weighted by Crippen LogP contribution is 2.23. The van der Waals surface area contributed by atoms with Gasteiger partial charge in [-0.05, 0) is 18.6 Å². The molecule has 0 aliphatic rings.